The monoisotopic (exact) mass is 381 g/mol. The van der Waals surface area contributed by atoms with Crippen LogP contribution in [-0.2, 0) is 6.42 Å². The van der Waals surface area contributed by atoms with E-state index >= 15 is 0 Å². The molecule has 3 rings (SSSR count). The zero-order valence-corrected chi connectivity index (χ0v) is 17.1. The number of aryl methyl sites for hydroxylation is 2. The second-order valence-electron chi connectivity index (χ2n) is 8.23. The van der Waals surface area contributed by atoms with Crippen LogP contribution in [0.5, 0.6) is 0 Å². The van der Waals surface area contributed by atoms with Gasteiger partial charge >= 0.3 is 0 Å². The molecule has 6 nitrogen and oxygen atoms in total. The Kier molecular flexibility index (Phi) is 5.40. The number of hydrazone groups is 1. The Balaban J connectivity index is 1.87. The molecule has 0 saturated heterocycles. The van der Waals surface area contributed by atoms with Crippen LogP contribution >= 0.6 is 0 Å². The maximum absolute atomic E-state index is 12.6. The van der Waals surface area contributed by atoms with Gasteiger partial charge in [-0.1, -0.05) is 18.2 Å². The van der Waals surface area contributed by atoms with Crippen molar-refractivity contribution in [2.45, 2.75) is 59.4 Å². The van der Waals surface area contributed by atoms with Crippen molar-refractivity contribution in [1.29, 1.82) is 0 Å². The number of carbonyl (C=O) groups excluding carboxylic acids is 2. The van der Waals surface area contributed by atoms with E-state index in [1.54, 1.807) is 6.07 Å². The molecule has 0 radical (unpaired) electrons. The molecule has 0 spiro atoms. The van der Waals surface area contributed by atoms with Crippen molar-refractivity contribution in [2.75, 3.05) is 0 Å². The molecule has 2 amide bonds. The number of nitrogens with one attached hydrogen (secondary N) is 2. The molecule has 1 aromatic carbocycles. The molecule has 0 unspecified atom stereocenters. The Hall–Kier alpha value is -2.89. The lowest BCUT2D eigenvalue weighted by Crippen LogP contribution is -2.40. The van der Waals surface area contributed by atoms with Crippen LogP contribution in [0.4, 0.5) is 0 Å². The average molecular weight is 381 g/mol. The molecule has 0 aliphatic heterocycles. The highest BCUT2D eigenvalue weighted by Gasteiger charge is 2.29. The third kappa shape index (κ3) is 4.16. The summed E-state index contributed by atoms with van der Waals surface area (Å²) in [6.07, 6.45) is 2.34. The van der Waals surface area contributed by atoms with Gasteiger partial charge in [0.1, 0.15) is 5.76 Å². The molecule has 28 heavy (non-hydrogen) atoms. The smallest absolute Gasteiger partial charge is 0.287 e. The molecule has 0 bridgehead atoms. The fourth-order valence-electron chi connectivity index (χ4n) is 3.40. The van der Waals surface area contributed by atoms with Gasteiger partial charge in [0, 0.05) is 28.7 Å². The van der Waals surface area contributed by atoms with E-state index in [1.165, 1.54) is 0 Å². The van der Waals surface area contributed by atoms with Crippen LogP contribution in [0, 0.1) is 13.8 Å². The van der Waals surface area contributed by atoms with Crippen molar-refractivity contribution in [2.24, 2.45) is 5.10 Å². The molecule has 148 valence electrons. The van der Waals surface area contributed by atoms with Crippen molar-refractivity contribution in [1.82, 2.24) is 10.7 Å². The Morgan fingerprint density at radius 2 is 1.79 bits per heavy atom. The fraction of sp³-hybridized carbons (Fsp3) is 0.409. The number of fused-ring (bicyclic) bond motifs is 1. The Bertz CT molecular complexity index is 948. The topological polar surface area (TPSA) is 83.7 Å². The summed E-state index contributed by atoms with van der Waals surface area (Å²) in [5.74, 6) is 0.596. The summed E-state index contributed by atoms with van der Waals surface area (Å²) in [6, 6.07) is 7.38. The fourth-order valence-corrected chi connectivity index (χ4v) is 3.40. The molecule has 1 aliphatic rings. The van der Waals surface area contributed by atoms with Crippen molar-refractivity contribution in [3.05, 3.63) is 58.0 Å². The molecule has 0 fully saturated rings. The van der Waals surface area contributed by atoms with Gasteiger partial charge in [-0.15, -0.1) is 0 Å². The summed E-state index contributed by atoms with van der Waals surface area (Å²) in [6.45, 7) is 9.54. The van der Waals surface area contributed by atoms with Crippen molar-refractivity contribution < 1.29 is 14.0 Å². The number of hydrogen-bond donors (Lipinski definition) is 2. The molecular formula is C22H27N3O3. The van der Waals surface area contributed by atoms with Crippen LogP contribution in [0.1, 0.15) is 77.0 Å². The Morgan fingerprint density at radius 3 is 2.46 bits per heavy atom. The van der Waals surface area contributed by atoms with Gasteiger partial charge in [-0.25, -0.2) is 5.43 Å². The number of carbonyl (C=O) groups is 2. The number of furan rings is 1. The highest BCUT2D eigenvalue weighted by molar-refractivity contribution is 6.07. The molecule has 2 aromatic rings. The third-order valence-corrected chi connectivity index (χ3v) is 4.70. The van der Waals surface area contributed by atoms with Crippen molar-refractivity contribution in [3.8, 4) is 0 Å². The van der Waals surface area contributed by atoms with E-state index in [9.17, 15) is 9.59 Å². The molecule has 1 aliphatic carbocycles. The van der Waals surface area contributed by atoms with Crippen molar-refractivity contribution in [3.63, 3.8) is 0 Å². The first-order chi connectivity index (χ1) is 13.2. The van der Waals surface area contributed by atoms with E-state index in [0.29, 0.717) is 11.3 Å². The Morgan fingerprint density at radius 1 is 1.07 bits per heavy atom. The normalized spacial score (nSPS) is 15.2. The summed E-state index contributed by atoms with van der Waals surface area (Å²) in [7, 11) is 0. The quantitative estimate of drug-likeness (QED) is 0.791. The van der Waals surface area contributed by atoms with Crippen LogP contribution in [-0.4, -0.2) is 23.1 Å². The van der Waals surface area contributed by atoms with Crippen LogP contribution in [0.3, 0.4) is 0 Å². The number of nitrogens with zero attached hydrogens (tertiary/aromatic N) is 1. The lowest BCUT2D eigenvalue weighted by molar-refractivity contribution is 0.0887. The van der Waals surface area contributed by atoms with Crippen molar-refractivity contribution >= 4 is 17.5 Å². The van der Waals surface area contributed by atoms with Gasteiger partial charge in [-0.05, 0) is 59.1 Å². The Labute approximate surface area is 165 Å². The second-order valence-corrected chi connectivity index (χ2v) is 8.23. The lowest BCUT2D eigenvalue weighted by Gasteiger charge is -2.19. The third-order valence-electron chi connectivity index (χ3n) is 4.70. The van der Waals surface area contributed by atoms with Gasteiger partial charge in [0.25, 0.3) is 11.8 Å². The summed E-state index contributed by atoms with van der Waals surface area (Å²) >= 11 is 0. The number of amides is 2. The second kappa shape index (κ2) is 7.62. The van der Waals surface area contributed by atoms with Gasteiger partial charge in [0.2, 0.25) is 0 Å². The van der Waals surface area contributed by atoms with Crippen LogP contribution in [0.25, 0.3) is 0 Å². The SMILES string of the molecule is Cc1ccccc1C(=O)N/N=C1\CCCc2oc(C(=O)NC(C)(C)C)c(C)c21. The minimum absolute atomic E-state index is 0.234. The van der Waals surface area contributed by atoms with Gasteiger partial charge in [0.05, 0.1) is 5.71 Å². The summed E-state index contributed by atoms with van der Waals surface area (Å²) in [4.78, 5) is 25.0. The van der Waals surface area contributed by atoms with Gasteiger partial charge in [-0.2, -0.15) is 5.10 Å². The van der Waals surface area contributed by atoms with Crippen LogP contribution in [0.15, 0.2) is 33.8 Å². The maximum Gasteiger partial charge on any atom is 0.287 e. The lowest BCUT2D eigenvalue weighted by atomic mass is 9.93. The first-order valence-electron chi connectivity index (χ1n) is 9.55. The standard InChI is InChI=1S/C22H27N3O3/c1-13-9-6-7-10-15(13)20(26)25-24-16-11-8-12-17-18(16)14(2)19(28-17)21(27)23-22(3,4)5/h6-7,9-10H,8,11-12H2,1-5H3,(H,23,27)(H,25,26)/b24-16+. The zero-order valence-electron chi connectivity index (χ0n) is 17.1. The van der Waals surface area contributed by atoms with E-state index in [0.717, 1.165) is 47.4 Å². The summed E-state index contributed by atoms with van der Waals surface area (Å²) in [5.41, 5.74) is 6.15. The van der Waals surface area contributed by atoms with Crippen LogP contribution in [0.2, 0.25) is 0 Å². The zero-order chi connectivity index (χ0) is 20.5. The molecule has 1 aromatic heterocycles. The number of rotatable bonds is 3. The molecule has 0 saturated carbocycles. The van der Waals surface area contributed by atoms with Gasteiger partial charge in [0.15, 0.2) is 5.76 Å². The predicted octanol–water partition coefficient (Wildman–Crippen LogP) is 3.90. The van der Waals surface area contributed by atoms with E-state index in [2.05, 4.69) is 15.8 Å². The maximum atomic E-state index is 12.6. The predicted molar refractivity (Wildman–Crippen MR) is 109 cm³/mol. The molecule has 6 heteroatoms. The molecule has 0 atom stereocenters. The van der Waals surface area contributed by atoms with Crippen LogP contribution < -0.4 is 10.7 Å². The minimum atomic E-state index is -0.352. The van der Waals surface area contributed by atoms with E-state index in [1.807, 2.05) is 52.8 Å². The summed E-state index contributed by atoms with van der Waals surface area (Å²) < 4.78 is 5.88. The van der Waals surface area contributed by atoms with Gasteiger partial charge < -0.3 is 9.73 Å². The minimum Gasteiger partial charge on any atom is -0.455 e. The number of hydrogen-bond acceptors (Lipinski definition) is 4. The number of benzene rings is 1. The van der Waals surface area contributed by atoms with E-state index in [4.69, 9.17) is 4.42 Å². The highest BCUT2D eigenvalue weighted by Crippen LogP contribution is 2.30. The average Bonchev–Trinajstić information content (AvgIpc) is 2.96. The highest BCUT2D eigenvalue weighted by atomic mass is 16.4. The first kappa shape index (κ1) is 19.9. The molecular weight excluding hydrogens is 354 g/mol. The summed E-state index contributed by atoms with van der Waals surface area (Å²) in [5, 5.41) is 7.31. The largest absolute Gasteiger partial charge is 0.455 e. The van der Waals surface area contributed by atoms with Gasteiger partial charge in [-0.3, -0.25) is 9.59 Å². The molecule has 2 N–H and O–H groups in total. The van der Waals surface area contributed by atoms with E-state index < -0.39 is 0 Å². The first-order valence-corrected chi connectivity index (χ1v) is 9.55. The van der Waals surface area contributed by atoms with E-state index in [-0.39, 0.29) is 17.4 Å². The molecule has 1 heterocycles.